The molecule has 3 aromatic heterocycles. The van der Waals surface area contributed by atoms with E-state index in [9.17, 15) is 9.59 Å². The van der Waals surface area contributed by atoms with Gasteiger partial charge in [0.05, 0.1) is 23.8 Å². The van der Waals surface area contributed by atoms with Crippen molar-refractivity contribution in [2.75, 3.05) is 6.61 Å². The Bertz CT molecular complexity index is 1270. The van der Waals surface area contributed by atoms with Crippen molar-refractivity contribution in [2.45, 2.75) is 20.8 Å². The van der Waals surface area contributed by atoms with E-state index < -0.39 is 0 Å². The SMILES string of the molecule is CCOC(=O)c1cccc(-n2c(C)c3cnn(-c4ccccn4)c(=O)c3c2C)c1. The number of ether oxygens (including phenoxy) is 1. The quantitative estimate of drug-likeness (QED) is 0.501. The van der Waals surface area contributed by atoms with Crippen LogP contribution in [0.25, 0.3) is 22.3 Å². The predicted octanol–water partition coefficient (Wildman–Crippen LogP) is 3.36. The van der Waals surface area contributed by atoms with Crippen LogP contribution >= 0.6 is 0 Å². The highest BCUT2D eigenvalue weighted by Crippen LogP contribution is 2.26. The lowest BCUT2D eigenvalue weighted by atomic mass is 10.2. The molecule has 0 aliphatic carbocycles. The predicted molar refractivity (Wildman–Crippen MR) is 110 cm³/mol. The number of aromatic nitrogens is 4. The van der Waals surface area contributed by atoms with Crippen LogP contribution in [0.1, 0.15) is 28.7 Å². The van der Waals surface area contributed by atoms with Gasteiger partial charge in [0.1, 0.15) is 0 Å². The molecule has 3 heterocycles. The summed E-state index contributed by atoms with van der Waals surface area (Å²) >= 11 is 0. The number of esters is 1. The molecule has 0 saturated carbocycles. The summed E-state index contributed by atoms with van der Waals surface area (Å²) in [6, 6.07) is 12.5. The van der Waals surface area contributed by atoms with Crippen molar-refractivity contribution in [1.29, 1.82) is 0 Å². The fraction of sp³-hybridized carbons (Fsp3) is 0.182. The maximum absolute atomic E-state index is 13.2. The second kappa shape index (κ2) is 7.35. The number of fused-ring (bicyclic) bond motifs is 1. The van der Waals surface area contributed by atoms with Crippen LogP contribution in [0.15, 0.2) is 59.7 Å². The Kier molecular flexibility index (Phi) is 4.72. The molecule has 0 N–H and O–H groups in total. The number of hydrogen-bond donors (Lipinski definition) is 0. The summed E-state index contributed by atoms with van der Waals surface area (Å²) in [4.78, 5) is 29.5. The zero-order valence-electron chi connectivity index (χ0n) is 16.4. The molecular formula is C22H20N4O3. The fourth-order valence-electron chi connectivity index (χ4n) is 3.58. The molecular weight excluding hydrogens is 368 g/mol. The number of benzene rings is 1. The Balaban J connectivity index is 1.92. The molecule has 0 radical (unpaired) electrons. The summed E-state index contributed by atoms with van der Waals surface area (Å²) < 4.78 is 8.36. The van der Waals surface area contributed by atoms with Crippen LogP contribution in [0.2, 0.25) is 0 Å². The van der Waals surface area contributed by atoms with Crippen molar-refractivity contribution in [2.24, 2.45) is 0 Å². The summed E-state index contributed by atoms with van der Waals surface area (Å²) in [5.74, 6) is 0.0917. The molecule has 0 unspecified atom stereocenters. The number of carbonyl (C=O) groups excluding carboxylic acids is 1. The number of nitrogens with zero attached hydrogens (tertiary/aromatic N) is 4. The number of carbonyl (C=O) groups is 1. The van der Waals surface area contributed by atoms with Crippen LogP contribution in [-0.4, -0.2) is 31.9 Å². The first-order valence-electron chi connectivity index (χ1n) is 9.31. The molecule has 0 aliphatic heterocycles. The van der Waals surface area contributed by atoms with Crippen molar-refractivity contribution in [3.05, 3.63) is 82.2 Å². The number of rotatable bonds is 4. The first kappa shape index (κ1) is 18.6. The second-order valence-electron chi connectivity index (χ2n) is 6.62. The molecule has 0 saturated heterocycles. The van der Waals surface area contributed by atoms with Gasteiger partial charge in [0.15, 0.2) is 5.82 Å². The number of aryl methyl sites for hydroxylation is 2. The molecule has 0 spiro atoms. The van der Waals surface area contributed by atoms with Crippen LogP contribution in [0.5, 0.6) is 0 Å². The van der Waals surface area contributed by atoms with E-state index in [1.54, 1.807) is 49.6 Å². The summed E-state index contributed by atoms with van der Waals surface area (Å²) in [7, 11) is 0. The van der Waals surface area contributed by atoms with Gasteiger partial charge in [-0.25, -0.2) is 9.78 Å². The Morgan fingerprint density at radius 1 is 1.10 bits per heavy atom. The summed E-state index contributed by atoms with van der Waals surface area (Å²) in [6.45, 7) is 5.90. The van der Waals surface area contributed by atoms with Crippen LogP contribution in [0.4, 0.5) is 0 Å². The Hall–Kier alpha value is -3.74. The Labute approximate surface area is 167 Å². The lowest BCUT2D eigenvalue weighted by Crippen LogP contribution is -2.21. The topological polar surface area (TPSA) is 79.0 Å². The summed E-state index contributed by atoms with van der Waals surface area (Å²) in [5, 5.41) is 5.65. The van der Waals surface area contributed by atoms with Crippen LogP contribution in [-0.2, 0) is 4.74 Å². The third kappa shape index (κ3) is 3.10. The molecule has 7 heteroatoms. The molecule has 0 atom stereocenters. The van der Waals surface area contributed by atoms with Gasteiger partial charge in [0.2, 0.25) is 0 Å². The van der Waals surface area contributed by atoms with Gasteiger partial charge in [-0.2, -0.15) is 9.78 Å². The zero-order valence-corrected chi connectivity index (χ0v) is 16.4. The van der Waals surface area contributed by atoms with Gasteiger partial charge in [-0.3, -0.25) is 4.79 Å². The third-order valence-electron chi connectivity index (χ3n) is 4.88. The van der Waals surface area contributed by atoms with E-state index in [1.807, 2.05) is 30.5 Å². The van der Waals surface area contributed by atoms with Gasteiger partial charge < -0.3 is 9.30 Å². The lowest BCUT2D eigenvalue weighted by Gasteiger charge is -2.11. The molecule has 1 aromatic carbocycles. The molecule has 0 amide bonds. The minimum absolute atomic E-state index is 0.234. The lowest BCUT2D eigenvalue weighted by molar-refractivity contribution is 0.0526. The highest BCUT2D eigenvalue weighted by atomic mass is 16.5. The number of pyridine rings is 1. The first-order valence-corrected chi connectivity index (χ1v) is 9.31. The average Bonchev–Trinajstić information content (AvgIpc) is 3.00. The van der Waals surface area contributed by atoms with Crippen molar-refractivity contribution in [3.8, 4) is 11.5 Å². The molecule has 4 aromatic rings. The largest absolute Gasteiger partial charge is 0.462 e. The van der Waals surface area contributed by atoms with E-state index in [0.29, 0.717) is 23.4 Å². The minimum Gasteiger partial charge on any atom is -0.462 e. The van der Waals surface area contributed by atoms with Gasteiger partial charge in [-0.05, 0) is 51.1 Å². The molecule has 0 aliphatic rings. The summed E-state index contributed by atoms with van der Waals surface area (Å²) in [6.07, 6.45) is 3.30. The van der Waals surface area contributed by atoms with Gasteiger partial charge in [0.25, 0.3) is 5.56 Å². The molecule has 146 valence electrons. The number of hydrogen-bond acceptors (Lipinski definition) is 5. The molecule has 0 fully saturated rings. The van der Waals surface area contributed by atoms with E-state index in [2.05, 4.69) is 10.1 Å². The molecule has 29 heavy (non-hydrogen) atoms. The molecule has 0 bridgehead atoms. The van der Waals surface area contributed by atoms with Crippen LogP contribution in [0.3, 0.4) is 0 Å². The third-order valence-corrected chi connectivity index (χ3v) is 4.88. The normalized spacial score (nSPS) is 11.0. The van der Waals surface area contributed by atoms with Gasteiger partial charge in [0, 0.05) is 28.7 Å². The maximum Gasteiger partial charge on any atom is 0.338 e. The van der Waals surface area contributed by atoms with E-state index in [-0.39, 0.29) is 11.5 Å². The van der Waals surface area contributed by atoms with Crippen molar-refractivity contribution >= 4 is 16.7 Å². The fourth-order valence-corrected chi connectivity index (χ4v) is 3.58. The zero-order chi connectivity index (χ0) is 20.5. The van der Waals surface area contributed by atoms with Gasteiger partial charge in [-0.1, -0.05) is 12.1 Å². The average molecular weight is 388 g/mol. The smallest absolute Gasteiger partial charge is 0.338 e. The summed E-state index contributed by atoms with van der Waals surface area (Å²) in [5.41, 5.74) is 2.66. The Morgan fingerprint density at radius 2 is 1.93 bits per heavy atom. The maximum atomic E-state index is 13.2. The van der Waals surface area contributed by atoms with E-state index >= 15 is 0 Å². The molecule has 7 nitrogen and oxygen atoms in total. The van der Waals surface area contributed by atoms with E-state index in [1.165, 1.54) is 4.68 Å². The monoisotopic (exact) mass is 388 g/mol. The highest BCUT2D eigenvalue weighted by molar-refractivity contribution is 5.91. The Morgan fingerprint density at radius 3 is 2.66 bits per heavy atom. The van der Waals surface area contributed by atoms with E-state index in [0.717, 1.165) is 22.5 Å². The van der Waals surface area contributed by atoms with Crippen molar-refractivity contribution in [1.82, 2.24) is 19.3 Å². The highest BCUT2D eigenvalue weighted by Gasteiger charge is 2.19. The van der Waals surface area contributed by atoms with Crippen LogP contribution in [0, 0.1) is 13.8 Å². The van der Waals surface area contributed by atoms with Crippen LogP contribution < -0.4 is 5.56 Å². The van der Waals surface area contributed by atoms with Gasteiger partial charge >= 0.3 is 5.97 Å². The van der Waals surface area contributed by atoms with Gasteiger partial charge in [-0.15, -0.1) is 0 Å². The van der Waals surface area contributed by atoms with Crippen molar-refractivity contribution < 1.29 is 9.53 Å². The second-order valence-corrected chi connectivity index (χ2v) is 6.62. The van der Waals surface area contributed by atoms with E-state index in [4.69, 9.17) is 4.74 Å². The molecule has 4 rings (SSSR count). The minimum atomic E-state index is -0.374. The standard InChI is InChI=1S/C22H20N4O3/c1-4-29-22(28)16-8-7-9-17(12-16)25-14(2)18-13-24-26(19-10-5-6-11-23-19)21(27)20(18)15(25)3/h5-13H,4H2,1-3H3. The first-order chi connectivity index (χ1) is 14.0. The van der Waals surface area contributed by atoms with Crippen molar-refractivity contribution in [3.63, 3.8) is 0 Å².